The molecule has 2 aromatic carbocycles. The molecule has 32 heavy (non-hydrogen) atoms. The molecular formula is C23H24ClN3O4S. The largest absolute Gasteiger partial charge is 0.491 e. The number of ketones is 1. The van der Waals surface area contributed by atoms with Crippen LogP contribution in [0.25, 0.3) is 0 Å². The maximum atomic E-state index is 11.3. The van der Waals surface area contributed by atoms with Crippen molar-refractivity contribution in [2.24, 2.45) is 0 Å². The zero-order valence-electron chi connectivity index (χ0n) is 17.6. The first kappa shape index (κ1) is 22.6. The van der Waals surface area contributed by atoms with E-state index < -0.39 is 6.10 Å². The van der Waals surface area contributed by atoms with Gasteiger partial charge in [0.15, 0.2) is 16.8 Å². The lowest BCUT2D eigenvalue weighted by atomic mass is 10.1. The Bertz CT molecular complexity index is 1070. The summed E-state index contributed by atoms with van der Waals surface area (Å²) in [4.78, 5) is 11.3. The van der Waals surface area contributed by atoms with Crippen molar-refractivity contribution in [1.29, 1.82) is 0 Å². The number of aromatic nitrogens is 3. The molecule has 0 aliphatic heterocycles. The van der Waals surface area contributed by atoms with E-state index in [-0.39, 0.29) is 19.0 Å². The molecule has 1 aromatic heterocycles. The quantitative estimate of drug-likeness (QED) is 0.322. The van der Waals surface area contributed by atoms with E-state index in [1.165, 1.54) is 18.7 Å². The summed E-state index contributed by atoms with van der Waals surface area (Å²) in [6.07, 6.45) is 1.47. The van der Waals surface area contributed by atoms with Crippen LogP contribution >= 0.6 is 23.4 Å². The van der Waals surface area contributed by atoms with Crippen LogP contribution in [0.3, 0.4) is 0 Å². The van der Waals surface area contributed by atoms with Crippen molar-refractivity contribution >= 4 is 29.1 Å². The van der Waals surface area contributed by atoms with Gasteiger partial charge in [-0.15, -0.1) is 10.2 Å². The first-order valence-corrected chi connectivity index (χ1v) is 11.7. The van der Waals surface area contributed by atoms with E-state index in [2.05, 4.69) is 14.8 Å². The summed E-state index contributed by atoms with van der Waals surface area (Å²) in [6.45, 7) is 1.94. The molecule has 0 amide bonds. The number of carbonyl (C=O) groups excluding carboxylic acids is 1. The summed E-state index contributed by atoms with van der Waals surface area (Å²) in [5, 5.41) is 20.3. The van der Waals surface area contributed by atoms with E-state index >= 15 is 0 Å². The first-order valence-electron chi connectivity index (χ1n) is 10.4. The number of hydrogen-bond acceptors (Lipinski definition) is 7. The minimum atomic E-state index is -0.681. The number of hydrogen-bond donors (Lipinski definition) is 1. The molecule has 7 nitrogen and oxygen atoms in total. The minimum absolute atomic E-state index is 0.00407. The lowest BCUT2D eigenvalue weighted by Crippen LogP contribution is -2.20. The highest BCUT2D eigenvalue weighted by molar-refractivity contribution is 7.99. The normalized spacial score (nSPS) is 14.2. The van der Waals surface area contributed by atoms with Gasteiger partial charge in [0.1, 0.15) is 24.7 Å². The molecule has 0 bridgehead atoms. The number of benzene rings is 2. The first-order chi connectivity index (χ1) is 15.5. The third-order valence-electron chi connectivity index (χ3n) is 4.95. The zero-order valence-corrected chi connectivity index (χ0v) is 19.2. The SMILES string of the molecule is CC(=O)c1ccc(OCC(O)CSc2nnc(COc3ccccc3Cl)n2C2CC2)cc1. The van der Waals surface area contributed by atoms with Gasteiger partial charge >= 0.3 is 0 Å². The molecule has 168 valence electrons. The van der Waals surface area contributed by atoms with Crippen molar-refractivity contribution in [3.63, 3.8) is 0 Å². The molecule has 1 unspecified atom stereocenters. The van der Waals surface area contributed by atoms with Crippen LogP contribution in [0.2, 0.25) is 5.02 Å². The summed E-state index contributed by atoms with van der Waals surface area (Å²) in [7, 11) is 0. The molecule has 0 radical (unpaired) electrons. The second-order valence-electron chi connectivity index (χ2n) is 7.58. The highest BCUT2D eigenvalue weighted by Crippen LogP contribution is 2.39. The zero-order chi connectivity index (χ0) is 22.5. The van der Waals surface area contributed by atoms with Crippen LogP contribution < -0.4 is 9.47 Å². The van der Waals surface area contributed by atoms with Gasteiger partial charge in [-0.25, -0.2) is 0 Å². The van der Waals surface area contributed by atoms with Gasteiger partial charge in [-0.2, -0.15) is 0 Å². The number of nitrogens with zero attached hydrogens (tertiary/aromatic N) is 3. The number of aliphatic hydroxyl groups excluding tert-OH is 1. The predicted octanol–water partition coefficient (Wildman–Crippen LogP) is 4.58. The van der Waals surface area contributed by atoms with Gasteiger partial charge in [-0.1, -0.05) is 35.5 Å². The average molecular weight is 474 g/mol. The molecule has 9 heteroatoms. The monoisotopic (exact) mass is 473 g/mol. The number of aliphatic hydroxyl groups is 1. The molecule has 1 atom stereocenters. The topological polar surface area (TPSA) is 86.5 Å². The van der Waals surface area contributed by atoms with Crippen molar-refractivity contribution in [2.75, 3.05) is 12.4 Å². The second kappa shape index (κ2) is 10.4. The van der Waals surface area contributed by atoms with Crippen molar-refractivity contribution in [3.8, 4) is 11.5 Å². The van der Waals surface area contributed by atoms with Gasteiger partial charge in [0.05, 0.1) is 11.1 Å². The molecule has 1 fully saturated rings. The molecule has 0 spiro atoms. The summed E-state index contributed by atoms with van der Waals surface area (Å²) >= 11 is 7.61. The summed E-state index contributed by atoms with van der Waals surface area (Å²) < 4.78 is 13.6. The number of thioether (sulfide) groups is 1. The standard InChI is InChI=1S/C23H24ClN3O4S/c1-15(28)16-6-10-19(11-7-16)30-12-18(29)14-32-23-26-25-22(27(23)17-8-9-17)13-31-21-5-3-2-4-20(21)24/h2-7,10-11,17-18,29H,8-9,12-14H2,1H3. The Morgan fingerprint density at radius 3 is 2.62 bits per heavy atom. The van der Waals surface area contributed by atoms with Crippen LogP contribution in [-0.2, 0) is 6.61 Å². The Morgan fingerprint density at radius 1 is 1.19 bits per heavy atom. The Kier molecular flexibility index (Phi) is 7.34. The Hall–Kier alpha value is -2.55. The fourth-order valence-corrected chi connectivity index (χ4v) is 4.23. The van der Waals surface area contributed by atoms with Gasteiger partial charge in [0, 0.05) is 17.4 Å². The van der Waals surface area contributed by atoms with Gasteiger partial charge < -0.3 is 19.1 Å². The van der Waals surface area contributed by atoms with Crippen LogP contribution in [0.4, 0.5) is 0 Å². The lowest BCUT2D eigenvalue weighted by Gasteiger charge is -2.13. The fourth-order valence-electron chi connectivity index (χ4n) is 3.10. The van der Waals surface area contributed by atoms with E-state index in [1.807, 2.05) is 18.2 Å². The molecule has 1 saturated carbocycles. The van der Waals surface area contributed by atoms with E-state index in [1.54, 1.807) is 30.3 Å². The number of halogens is 1. The van der Waals surface area contributed by atoms with Crippen LogP contribution in [0, 0.1) is 0 Å². The molecule has 0 saturated heterocycles. The molecule has 4 rings (SSSR count). The third-order valence-corrected chi connectivity index (χ3v) is 6.35. The second-order valence-corrected chi connectivity index (χ2v) is 8.97. The summed E-state index contributed by atoms with van der Waals surface area (Å²) in [5.41, 5.74) is 0.627. The Labute approximate surface area is 195 Å². The average Bonchev–Trinajstić information content (AvgIpc) is 3.55. The maximum Gasteiger partial charge on any atom is 0.191 e. The van der Waals surface area contributed by atoms with Crippen LogP contribution in [0.1, 0.15) is 42.0 Å². The van der Waals surface area contributed by atoms with Crippen molar-refractivity contribution in [1.82, 2.24) is 14.8 Å². The number of carbonyl (C=O) groups is 1. The van der Waals surface area contributed by atoms with Crippen molar-refractivity contribution < 1.29 is 19.4 Å². The summed E-state index contributed by atoms with van der Waals surface area (Å²) in [5.74, 6) is 2.38. The van der Waals surface area contributed by atoms with E-state index in [4.69, 9.17) is 21.1 Å². The smallest absolute Gasteiger partial charge is 0.191 e. The molecule has 3 aromatic rings. The Morgan fingerprint density at radius 2 is 1.94 bits per heavy atom. The van der Waals surface area contributed by atoms with Gasteiger partial charge in [0.2, 0.25) is 0 Å². The summed E-state index contributed by atoms with van der Waals surface area (Å²) in [6, 6.07) is 14.6. The van der Waals surface area contributed by atoms with Gasteiger partial charge in [-0.3, -0.25) is 4.79 Å². The third kappa shape index (κ3) is 5.82. The van der Waals surface area contributed by atoms with Gasteiger partial charge in [0.25, 0.3) is 0 Å². The van der Waals surface area contributed by atoms with E-state index in [9.17, 15) is 9.90 Å². The maximum absolute atomic E-state index is 11.3. The highest BCUT2D eigenvalue weighted by atomic mass is 35.5. The van der Waals surface area contributed by atoms with Gasteiger partial charge in [-0.05, 0) is 56.2 Å². The highest BCUT2D eigenvalue weighted by Gasteiger charge is 2.30. The molecule has 1 aliphatic carbocycles. The number of ether oxygens (including phenoxy) is 2. The molecule has 1 aliphatic rings. The van der Waals surface area contributed by atoms with E-state index in [0.717, 1.165) is 23.8 Å². The minimum Gasteiger partial charge on any atom is -0.491 e. The lowest BCUT2D eigenvalue weighted by molar-refractivity contribution is 0.101. The Balaban J connectivity index is 1.31. The van der Waals surface area contributed by atoms with Crippen LogP contribution in [-0.4, -0.2) is 44.1 Å². The molecule has 1 N–H and O–H groups in total. The van der Waals surface area contributed by atoms with Crippen LogP contribution in [0.5, 0.6) is 11.5 Å². The van der Waals surface area contributed by atoms with E-state index in [0.29, 0.717) is 33.9 Å². The van der Waals surface area contributed by atoms with Crippen LogP contribution in [0.15, 0.2) is 53.7 Å². The molecular weight excluding hydrogens is 450 g/mol. The molecule has 1 heterocycles. The number of para-hydroxylation sites is 1. The number of Topliss-reactive ketones (excluding diaryl/α,β-unsaturated/α-hetero) is 1. The predicted molar refractivity (Wildman–Crippen MR) is 123 cm³/mol. The number of rotatable bonds is 11. The fraction of sp³-hybridized carbons (Fsp3) is 0.348. The van der Waals surface area contributed by atoms with Crippen molar-refractivity contribution in [3.05, 3.63) is 64.9 Å². The van der Waals surface area contributed by atoms with Crippen molar-refractivity contribution in [2.45, 2.75) is 43.7 Å².